The third-order valence-corrected chi connectivity index (χ3v) is 5.04. The van der Waals surface area contributed by atoms with E-state index in [2.05, 4.69) is 32.1 Å². The van der Waals surface area contributed by atoms with Crippen LogP contribution in [0, 0.1) is 0 Å². The molecule has 0 aromatic carbocycles. The van der Waals surface area contributed by atoms with Gasteiger partial charge in [0.25, 0.3) is 0 Å². The van der Waals surface area contributed by atoms with Crippen molar-refractivity contribution in [3.05, 3.63) is 42.5 Å². The van der Waals surface area contributed by atoms with E-state index in [4.69, 9.17) is 4.74 Å². The van der Waals surface area contributed by atoms with Crippen molar-refractivity contribution in [2.75, 3.05) is 37.7 Å². The third-order valence-electron chi connectivity index (χ3n) is 5.04. The number of morpholine rings is 1. The molecule has 24 heavy (non-hydrogen) atoms. The summed E-state index contributed by atoms with van der Waals surface area (Å²) >= 11 is 0. The number of aryl methyl sites for hydroxylation is 1. The molecule has 4 rings (SSSR count). The normalized spacial score (nSPS) is 25.3. The zero-order valence-electron chi connectivity index (χ0n) is 14.3. The standard InChI is InChI=1S/C18H25N5O/c1-21-12-16(10-20-21)13-22-8-9-24-18(14-22)5-3-7-23(15-18)17-4-2-6-19-11-17/h2,4,6,10-12H,3,5,7-9,13-15H2,1H3/t18-/m1/s1. The van der Waals surface area contributed by atoms with Crippen LogP contribution in [0.2, 0.25) is 0 Å². The molecule has 0 radical (unpaired) electrons. The Labute approximate surface area is 143 Å². The summed E-state index contributed by atoms with van der Waals surface area (Å²) < 4.78 is 8.18. The molecule has 2 aromatic heterocycles. The molecule has 2 aliphatic heterocycles. The first-order chi connectivity index (χ1) is 11.7. The summed E-state index contributed by atoms with van der Waals surface area (Å²) in [7, 11) is 1.97. The van der Waals surface area contributed by atoms with Gasteiger partial charge < -0.3 is 9.64 Å². The van der Waals surface area contributed by atoms with Crippen molar-refractivity contribution in [3.63, 3.8) is 0 Å². The van der Waals surface area contributed by atoms with Crippen LogP contribution in [0.1, 0.15) is 18.4 Å². The van der Waals surface area contributed by atoms with E-state index in [1.165, 1.54) is 11.3 Å². The molecule has 2 fully saturated rings. The van der Waals surface area contributed by atoms with Gasteiger partial charge in [-0.15, -0.1) is 0 Å². The second-order valence-corrected chi connectivity index (χ2v) is 7.00. The SMILES string of the molecule is Cn1cc(CN2CCO[C@]3(CCCN(c4cccnc4)C3)C2)cn1. The maximum atomic E-state index is 6.31. The van der Waals surface area contributed by atoms with Crippen LogP contribution in [0.3, 0.4) is 0 Å². The Morgan fingerprint density at radius 1 is 1.25 bits per heavy atom. The van der Waals surface area contributed by atoms with Gasteiger partial charge in [-0.25, -0.2) is 0 Å². The van der Waals surface area contributed by atoms with Gasteiger partial charge in [0.15, 0.2) is 0 Å². The minimum absolute atomic E-state index is 0.0610. The summed E-state index contributed by atoms with van der Waals surface area (Å²) in [5, 5.41) is 4.28. The molecule has 0 unspecified atom stereocenters. The average Bonchev–Trinajstić information content (AvgIpc) is 3.01. The minimum atomic E-state index is -0.0610. The molecule has 0 saturated carbocycles. The summed E-state index contributed by atoms with van der Waals surface area (Å²) in [6.45, 7) is 5.76. The number of nitrogens with zero attached hydrogens (tertiary/aromatic N) is 5. The molecule has 0 bridgehead atoms. The van der Waals surface area contributed by atoms with Crippen LogP contribution in [0.5, 0.6) is 0 Å². The monoisotopic (exact) mass is 327 g/mol. The molecule has 0 N–H and O–H groups in total. The fourth-order valence-electron chi connectivity index (χ4n) is 3.98. The van der Waals surface area contributed by atoms with E-state index in [1.54, 1.807) is 0 Å². The fraction of sp³-hybridized carbons (Fsp3) is 0.556. The lowest BCUT2D eigenvalue weighted by Gasteiger charge is -2.48. The summed E-state index contributed by atoms with van der Waals surface area (Å²) in [6.07, 6.45) is 10.1. The molecule has 1 spiro atoms. The number of ether oxygens (including phenoxy) is 1. The number of hydrogen-bond donors (Lipinski definition) is 0. The summed E-state index contributed by atoms with van der Waals surface area (Å²) in [6, 6.07) is 4.15. The summed E-state index contributed by atoms with van der Waals surface area (Å²) in [4.78, 5) is 9.19. The number of anilines is 1. The smallest absolute Gasteiger partial charge is 0.0983 e. The predicted octanol–water partition coefficient (Wildman–Crippen LogP) is 1.69. The number of aromatic nitrogens is 3. The first-order valence-electron chi connectivity index (χ1n) is 8.71. The van der Waals surface area contributed by atoms with Gasteiger partial charge in [0.05, 0.1) is 30.3 Å². The minimum Gasteiger partial charge on any atom is -0.370 e. The van der Waals surface area contributed by atoms with Gasteiger partial charge >= 0.3 is 0 Å². The number of rotatable bonds is 3. The highest BCUT2D eigenvalue weighted by Crippen LogP contribution is 2.31. The van der Waals surface area contributed by atoms with E-state index in [-0.39, 0.29) is 5.60 Å². The van der Waals surface area contributed by atoms with Gasteiger partial charge in [-0.3, -0.25) is 14.6 Å². The molecule has 6 heteroatoms. The van der Waals surface area contributed by atoms with Crippen molar-refractivity contribution in [2.24, 2.45) is 7.05 Å². The van der Waals surface area contributed by atoms with E-state index in [0.29, 0.717) is 0 Å². The third kappa shape index (κ3) is 3.30. The van der Waals surface area contributed by atoms with Gasteiger partial charge in [-0.05, 0) is 25.0 Å². The van der Waals surface area contributed by atoms with E-state index in [0.717, 1.165) is 52.2 Å². The highest BCUT2D eigenvalue weighted by molar-refractivity contribution is 5.44. The molecule has 128 valence electrons. The van der Waals surface area contributed by atoms with Crippen LogP contribution in [-0.4, -0.2) is 58.1 Å². The lowest BCUT2D eigenvalue weighted by atomic mass is 9.90. The van der Waals surface area contributed by atoms with Crippen LogP contribution in [0.25, 0.3) is 0 Å². The number of piperidine rings is 1. The molecule has 4 heterocycles. The largest absolute Gasteiger partial charge is 0.370 e. The van der Waals surface area contributed by atoms with Crippen LogP contribution in [0.4, 0.5) is 5.69 Å². The first-order valence-corrected chi connectivity index (χ1v) is 8.71. The van der Waals surface area contributed by atoms with Gasteiger partial charge in [-0.2, -0.15) is 5.10 Å². The molecule has 6 nitrogen and oxygen atoms in total. The maximum Gasteiger partial charge on any atom is 0.0983 e. The van der Waals surface area contributed by atoms with Crippen LogP contribution < -0.4 is 4.90 Å². The van der Waals surface area contributed by atoms with Gasteiger partial charge in [0.1, 0.15) is 0 Å². The Kier molecular flexibility index (Phi) is 4.24. The quantitative estimate of drug-likeness (QED) is 0.858. The topological polar surface area (TPSA) is 46.4 Å². The van der Waals surface area contributed by atoms with Crippen LogP contribution >= 0.6 is 0 Å². The Bertz CT molecular complexity index is 669. The summed E-state index contributed by atoms with van der Waals surface area (Å²) in [5.74, 6) is 0. The second kappa shape index (κ2) is 6.53. The van der Waals surface area contributed by atoms with Gasteiger partial charge in [-0.1, -0.05) is 0 Å². The molecule has 1 atom stereocenters. The maximum absolute atomic E-state index is 6.31. The molecule has 0 aliphatic carbocycles. The second-order valence-electron chi connectivity index (χ2n) is 7.00. The number of pyridine rings is 1. The molecular weight excluding hydrogens is 302 g/mol. The van der Waals surface area contributed by atoms with Crippen molar-refractivity contribution in [3.8, 4) is 0 Å². The first kappa shape index (κ1) is 15.6. The average molecular weight is 327 g/mol. The molecule has 2 aromatic rings. The predicted molar refractivity (Wildman–Crippen MR) is 92.9 cm³/mol. The van der Waals surface area contributed by atoms with E-state index < -0.39 is 0 Å². The van der Waals surface area contributed by atoms with Crippen molar-refractivity contribution in [1.29, 1.82) is 0 Å². The molecule has 0 amide bonds. The van der Waals surface area contributed by atoms with E-state index in [1.807, 2.05) is 36.4 Å². The highest BCUT2D eigenvalue weighted by Gasteiger charge is 2.40. The van der Waals surface area contributed by atoms with Crippen LogP contribution in [0.15, 0.2) is 36.9 Å². The lowest BCUT2D eigenvalue weighted by Crippen LogP contribution is -2.59. The molecule has 2 saturated heterocycles. The van der Waals surface area contributed by atoms with Crippen molar-refractivity contribution in [1.82, 2.24) is 19.7 Å². The lowest BCUT2D eigenvalue weighted by molar-refractivity contribution is -0.116. The zero-order valence-corrected chi connectivity index (χ0v) is 14.3. The van der Waals surface area contributed by atoms with Crippen molar-refractivity contribution < 1.29 is 4.74 Å². The van der Waals surface area contributed by atoms with Crippen LogP contribution in [-0.2, 0) is 18.3 Å². The molecule has 2 aliphatic rings. The Balaban J connectivity index is 1.45. The Morgan fingerprint density at radius 3 is 3.00 bits per heavy atom. The van der Waals surface area contributed by atoms with Crippen molar-refractivity contribution in [2.45, 2.75) is 25.0 Å². The highest BCUT2D eigenvalue weighted by atomic mass is 16.5. The summed E-state index contributed by atoms with van der Waals surface area (Å²) in [5.41, 5.74) is 2.41. The Hall–Kier alpha value is -1.92. The van der Waals surface area contributed by atoms with Crippen molar-refractivity contribution >= 4 is 5.69 Å². The van der Waals surface area contributed by atoms with Gasteiger partial charge in [0.2, 0.25) is 0 Å². The van der Waals surface area contributed by atoms with Gasteiger partial charge in [0, 0.05) is 57.7 Å². The number of hydrogen-bond acceptors (Lipinski definition) is 5. The molecular formula is C18H25N5O. The zero-order chi connectivity index (χ0) is 16.4. The Morgan fingerprint density at radius 2 is 2.21 bits per heavy atom. The fourth-order valence-corrected chi connectivity index (χ4v) is 3.98. The van der Waals surface area contributed by atoms with E-state index >= 15 is 0 Å². The van der Waals surface area contributed by atoms with E-state index in [9.17, 15) is 0 Å².